The monoisotopic (exact) mass is 291 g/mol. The summed E-state index contributed by atoms with van der Waals surface area (Å²) in [6.07, 6.45) is 3.67. The lowest BCUT2D eigenvalue weighted by Gasteiger charge is -2.18. The first-order valence-electron chi connectivity index (χ1n) is 7.25. The van der Waals surface area contributed by atoms with Crippen LogP contribution in [0.4, 0.5) is 4.39 Å². The van der Waals surface area contributed by atoms with Crippen molar-refractivity contribution >= 4 is 0 Å². The molecule has 1 unspecified atom stereocenters. The average molecular weight is 291 g/mol. The number of benzene rings is 1. The van der Waals surface area contributed by atoms with E-state index in [1.165, 1.54) is 12.1 Å². The molecule has 0 aliphatic rings. The van der Waals surface area contributed by atoms with Gasteiger partial charge in [0.25, 0.3) is 0 Å². The van der Waals surface area contributed by atoms with Crippen molar-refractivity contribution in [1.82, 2.24) is 14.9 Å². The fourth-order valence-corrected chi connectivity index (χ4v) is 2.30. The number of aryl methyl sites for hydroxylation is 1. The number of nitrogens with zero attached hydrogens (tertiary/aromatic N) is 2. The molecule has 1 aromatic carbocycles. The number of hydrogen-bond acceptors (Lipinski definition) is 3. The van der Waals surface area contributed by atoms with Crippen LogP contribution in [0.5, 0.6) is 5.75 Å². The minimum Gasteiger partial charge on any atom is -0.491 e. The Hall–Kier alpha value is -1.88. The van der Waals surface area contributed by atoms with Gasteiger partial charge in [-0.2, -0.15) is 0 Å². The molecule has 114 valence electrons. The molecular weight excluding hydrogens is 269 g/mol. The van der Waals surface area contributed by atoms with Gasteiger partial charge in [0.1, 0.15) is 24.0 Å². The highest BCUT2D eigenvalue weighted by Crippen LogP contribution is 2.26. The molecule has 1 aromatic heterocycles. The minimum atomic E-state index is -0.281. The molecule has 1 heterocycles. The maximum absolute atomic E-state index is 13.4. The van der Waals surface area contributed by atoms with Crippen LogP contribution in [-0.4, -0.2) is 22.7 Å². The molecule has 0 saturated carbocycles. The summed E-state index contributed by atoms with van der Waals surface area (Å²) >= 11 is 0. The van der Waals surface area contributed by atoms with Gasteiger partial charge in [0.2, 0.25) is 0 Å². The summed E-state index contributed by atoms with van der Waals surface area (Å²) in [6.45, 7) is 8.06. The number of hydrogen-bond donors (Lipinski definition) is 1. The summed E-state index contributed by atoms with van der Waals surface area (Å²) in [4.78, 5) is 4.16. The van der Waals surface area contributed by atoms with Gasteiger partial charge in [0.15, 0.2) is 0 Å². The zero-order chi connectivity index (χ0) is 15.2. The van der Waals surface area contributed by atoms with E-state index in [0.717, 1.165) is 17.9 Å². The van der Waals surface area contributed by atoms with Crippen molar-refractivity contribution in [1.29, 1.82) is 0 Å². The molecule has 5 heteroatoms. The first kappa shape index (κ1) is 15.5. The molecule has 1 atom stereocenters. The highest BCUT2D eigenvalue weighted by Gasteiger charge is 2.12. The van der Waals surface area contributed by atoms with Crippen molar-refractivity contribution in [2.75, 3.05) is 13.2 Å². The maximum atomic E-state index is 13.4. The Morgan fingerprint density at radius 2 is 2.24 bits per heavy atom. The van der Waals surface area contributed by atoms with E-state index in [4.69, 9.17) is 4.74 Å². The van der Waals surface area contributed by atoms with Gasteiger partial charge in [-0.1, -0.05) is 13.0 Å². The summed E-state index contributed by atoms with van der Waals surface area (Å²) in [5, 5.41) is 3.32. The van der Waals surface area contributed by atoms with Gasteiger partial charge in [-0.25, -0.2) is 9.37 Å². The van der Waals surface area contributed by atoms with Crippen LogP contribution in [0.3, 0.4) is 0 Å². The third kappa shape index (κ3) is 4.04. The summed E-state index contributed by atoms with van der Waals surface area (Å²) in [7, 11) is 0. The highest BCUT2D eigenvalue weighted by atomic mass is 19.1. The van der Waals surface area contributed by atoms with Crippen molar-refractivity contribution in [3.8, 4) is 5.75 Å². The van der Waals surface area contributed by atoms with Gasteiger partial charge in [-0.05, 0) is 26.5 Å². The summed E-state index contributed by atoms with van der Waals surface area (Å²) in [5.74, 6) is 1.26. The number of imidazole rings is 1. The molecule has 1 N–H and O–H groups in total. The smallest absolute Gasteiger partial charge is 0.127 e. The van der Waals surface area contributed by atoms with Gasteiger partial charge in [-0.3, -0.25) is 0 Å². The van der Waals surface area contributed by atoms with Crippen LogP contribution < -0.4 is 10.1 Å². The topological polar surface area (TPSA) is 39.1 Å². The molecule has 21 heavy (non-hydrogen) atoms. The van der Waals surface area contributed by atoms with Crippen molar-refractivity contribution in [3.05, 3.63) is 47.8 Å². The Morgan fingerprint density at radius 1 is 1.43 bits per heavy atom. The normalized spacial score (nSPS) is 12.4. The first-order valence-corrected chi connectivity index (χ1v) is 7.25. The molecule has 2 aromatic rings. The molecule has 0 radical (unpaired) electrons. The fraction of sp³-hybridized carbons (Fsp3) is 0.438. The van der Waals surface area contributed by atoms with Crippen LogP contribution in [-0.2, 0) is 6.54 Å². The first-order chi connectivity index (χ1) is 10.1. The lowest BCUT2D eigenvalue weighted by molar-refractivity contribution is 0.290. The van der Waals surface area contributed by atoms with E-state index in [1.54, 1.807) is 12.3 Å². The summed E-state index contributed by atoms with van der Waals surface area (Å²) in [6, 6.07) is 4.82. The molecule has 0 aliphatic carbocycles. The van der Waals surface area contributed by atoms with E-state index in [2.05, 4.69) is 10.3 Å². The van der Waals surface area contributed by atoms with Crippen LogP contribution >= 0.6 is 0 Å². The van der Waals surface area contributed by atoms with Gasteiger partial charge < -0.3 is 14.6 Å². The predicted octanol–water partition coefficient (Wildman–Crippen LogP) is 3.08. The lowest BCUT2D eigenvalue weighted by Crippen LogP contribution is -2.19. The third-order valence-electron chi connectivity index (χ3n) is 3.47. The SMILES string of the molecule is CCNC(C)c1ccc(F)cc1OCCn1ccnc1C. The third-order valence-corrected chi connectivity index (χ3v) is 3.47. The second-order valence-corrected chi connectivity index (χ2v) is 4.98. The summed E-state index contributed by atoms with van der Waals surface area (Å²) in [5.41, 5.74) is 0.973. The van der Waals surface area contributed by atoms with Crippen LogP contribution in [0, 0.1) is 12.7 Å². The van der Waals surface area contributed by atoms with Gasteiger partial charge >= 0.3 is 0 Å². The molecular formula is C16H22FN3O. The zero-order valence-electron chi connectivity index (χ0n) is 12.8. The number of nitrogens with one attached hydrogen (secondary N) is 1. The Kier molecular flexibility index (Phi) is 5.33. The van der Waals surface area contributed by atoms with Gasteiger partial charge in [0, 0.05) is 30.1 Å². The lowest BCUT2D eigenvalue weighted by atomic mass is 10.1. The number of aromatic nitrogens is 2. The van der Waals surface area contributed by atoms with Gasteiger partial charge in [0.05, 0.1) is 6.54 Å². The van der Waals surface area contributed by atoms with E-state index in [9.17, 15) is 4.39 Å². The number of rotatable bonds is 7. The van der Waals surface area contributed by atoms with Crippen LogP contribution in [0.25, 0.3) is 0 Å². The molecule has 4 nitrogen and oxygen atoms in total. The van der Waals surface area contributed by atoms with E-state index in [0.29, 0.717) is 18.9 Å². The van der Waals surface area contributed by atoms with Crippen LogP contribution in [0.2, 0.25) is 0 Å². The second kappa shape index (κ2) is 7.22. The van der Waals surface area contributed by atoms with E-state index in [-0.39, 0.29) is 11.9 Å². The van der Waals surface area contributed by atoms with Gasteiger partial charge in [-0.15, -0.1) is 0 Å². The maximum Gasteiger partial charge on any atom is 0.127 e. The van der Waals surface area contributed by atoms with E-state index in [1.807, 2.05) is 31.5 Å². The van der Waals surface area contributed by atoms with Crippen molar-refractivity contribution in [2.24, 2.45) is 0 Å². The Balaban J connectivity index is 2.04. The van der Waals surface area contributed by atoms with Crippen LogP contribution in [0.1, 0.15) is 31.3 Å². The number of halogens is 1. The number of ether oxygens (including phenoxy) is 1. The zero-order valence-corrected chi connectivity index (χ0v) is 12.8. The Labute approximate surface area is 125 Å². The molecule has 0 bridgehead atoms. The van der Waals surface area contributed by atoms with Crippen molar-refractivity contribution in [2.45, 2.75) is 33.4 Å². The molecule has 0 fully saturated rings. The summed E-state index contributed by atoms with van der Waals surface area (Å²) < 4.78 is 21.2. The highest BCUT2D eigenvalue weighted by molar-refractivity contribution is 5.36. The van der Waals surface area contributed by atoms with Crippen LogP contribution in [0.15, 0.2) is 30.6 Å². The van der Waals surface area contributed by atoms with E-state index >= 15 is 0 Å². The fourth-order valence-electron chi connectivity index (χ4n) is 2.30. The largest absolute Gasteiger partial charge is 0.491 e. The minimum absolute atomic E-state index is 0.126. The standard InChI is InChI=1S/C16H22FN3O/c1-4-18-12(2)15-6-5-14(17)11-16(15)21-10-9-20-8-7-19-13(20)3/h5-8,11-12,18H,4,9-10H2,1-3H3. The molecule has 0 aliphatic heterocycles. The molecule has 0 saturated heterocycles. The average Bonchev–Trinajstić information content (AvgIpc) is 2.85. The quantitative estimate of drug-likeness (QED) is 0.852. The van der Waals surface area contributed by atoms with Crippen molar-refractivity contribution in [3.63, 3.8) is 0 Å². The second-order valence-electron chi connectivity index (χ2n) is 4.98. The Morgan fingerprint density at radius 3 is 2.90 bits per heavy atom. The Bertz CT molecular complexity index is 583. The van der Waals surface area contributed by atoms with E-state index < -0.39 is 0 Å². The van der Waals surface area contributed by atoms with Crippen molar-refractivity contribution < 1.29 is 9.13 Å². The molecule has 0 amide bonds. The molecule has 2 rings (SSSR count). The predicted molar refractivity (Wildman–Crippen MR) is 81.0 cm³/mol. The molecule has 0 spiro atoms.